The zero-order chi connectivity index (χ0) is 21.9. The van der Waals surface area contributed by atoms with E-state index in [-0.39, 0.29) is 11.8 Å². The van der Waals surface area contributed by atoms with Crippen LogP contribution in [0, 0.1) is 0 Å². The highest BCUT2D eigenvalue weighted by Gasteiger charge is 2.29. The van der Waals surface area contributed by atoms with Gasteiger partial charge in [-0.15, -0.1) is 0 Å². The van der Waals surface area contributed by atoms with Crippen LogP contribution in [0.2, 0.25) is 0 Å². The molecular formula is C26H29N5O. The number of imidazole rings is 1. The molecule has 4 aromatic rings. The number of piperidine rings is 1. The summed E-state index contributed by atoms with van der Waals surface area (Å²) in [6.45, 7) is 5.39. The second-order valence-corrected chi connectivity index (χ2v) is 8.60. The van der Waals surface area contributed by atoms with Gasteiger partial charge in [-0.1, -0.05) is 31.2 Å². The van der Waals surface area contributed by atoms with Crippen LogP contribution in [0.15, 0.2) is 67.0 Å². The number of carbonyl (C=O) groups excluding carboxylic acids is 1. The Morgan fingerprint density at radius 1 is 1.09 bits per heavy atom. The van der Waals surface area contributed by atoms with Gasteiger partial charge in [0, 0.05) is 43.5 Å². The molecule has 6 heteroatoms. The van der Waals surface area contributed by atoms with Crippen molar-refractivity contribution in [3.05, 3.63) is 83.9 Å². The highest BCUT2D eigenvalue weighted by Crippen LogP contribution is 2.30. The first-order chi connectivity index (χ1) is 15.7. The minimum Gasteiger partial charge on any atom is -0.338 e. The highest BCUT2D eigenvalue weighted by molar-refractivity contribution is 5.94. The number of para-hydroxylation sites is 2. The van der Waals surface area contributed by atoms with Crippen LogP contribution in [0.5, 0.6) is 0 Å². The Morgan fingerprint density at radius 3 is 2.72 bits per heavy atom. The first-order valence-corrected chi connectivity index (χ1v) is 11.5. The van der Waals surface area contributed by atoms with Crippen molar-refractivity contribution in [2.45, 2.75) is 45.2 Å². The van der Waals surface area contributed by atoms with Crippen molar-refractivity contribution in [3.8, 4) is 0 Å². The Bertz CT molecular complexity index is 1190. The first kappa shape index (κ1) is 20.5. The zero-order valence-electron chi connectivity index (χ0n) is 18.5. The van der Waals surface area contributed by atoms with Crippen LogP contribution in [0.3, 0.4) is 0 Å². The molecule has 1 unspecified atom stereocenters. The van der Waals surface area contributed by atoms with Crippen LogP contribution in [0.25, 0.3) is 11.0 Å². The number of nitrogens with zero attached hydrogens (tertiary/aromatic N) is 5. The summed E-state index contributed by atoms with van der Waals surface area (Å²) in [4.78, 5) is 20.3. The van der Waals surface area contributed by atoms with Gasteiger partial charge in [0.1, 0.15) is 5.82 Å². The molecule has 3 heterocycles. The largest absolute Gasteiger partial charge is 0.338 e. The van der Waals surface area contributed by atoms with E-state index in [1.807, 2.05) is 52.2 Å². The Kier molecular flexibility index (Phi) is 5.75. The van der Waals surface area contributed by atoms with Crippen molar-refractivity contribution in [3.63, 3.8) is 0 Å². The van der Waals surface area contributed by atoms with Crippen molar-refractivity contribution >= 4 is 16.9 Å². The standard InChI is InChI=1S/C26H29N5O/c1-2-15-31-24-9-4-3-8-23(24)28-25(31)22-7-5-16-29(19-22)26(32)21-12-10-20(11-13-21)18-30-17-6-14-27-30/h3-4,6,8-14,17,22H,2,5,7,15-16,18-19H2,1H3. The average molecular weight is 428 g/mol. The number of hydrogen-bond donors (Lipinski definition) is 0. The third kappa shape index (κ3) is 4.05. The third-order valence-corrected chi connectivity index (χ3v) is 6.31. The number of hydrogen-bond acceptors (Lipinski definition) is 3. The first-order valence-electron chi connectivity index (χ1n) is 11.5. The van der Waals surface area contributed by atoms with Crippen molar-refractivity contribution in [1.82, 2.24) is 24.2 Å². The third-order valence-electron chi connectivity index (χ3n) is 6.31. The molecule has 0 radical (unpaired) electrons. The van der Waals surface area contributed by atoms with Gasteiger partial charge in [0.2, 0.25) is 0 Å². The topological polar surface area (TPSA) is 56.0 Å². The Labute approximate surface area is 188 Å². The maximum Gasteiger partial charge on any atom is 0.253 e. The number of rotatable bonds is 6. The lowest BCUT2D eigenvalue weighted by Crippen LogP contribution is -2.39. The van der Waals surface area contributed by atoms with Gasteiger partial charge in [-0.3, -0.25) is 9.48 Å². The quantitative estimate of drug-likeness (QED) is 0.448. The summed E-state index contributed by atoms with van der Waals surface area (Å²) in [5.41, 5.74) is 4.12. The molecule has 1 amide bonds. The van der Waals surface area contributed by atoms with E-state index >= 15 is 0 Å². The fraction of sp³-hybridized carbons (Fsp3) is 0.346. The van der Waals surface area contributed by atoms with E-state index in [1.54, 1.807) is 6.20 Å². The number of aromatic nitrogens is 4. The van der Waals surface area contributed by atoms with E-state index in [4.69, 9.17) is 4.98 Å². The average Bonchev–Trinajstić information content (AvgIpc) is 3.48. The van der Waals surface area contributed by atoms with Crippen molar-refractivity contribution in [2.75, 3.05) is 13.1 Å². The summed E-state index contributed by atoms with van der Waals surface area (Å²) in [6.07, 6.45) is 6.86. The van der Waals surface area contributed by atoms with Gasteiger partial charge in [0.15, 0.2) is 0 Å². The highest BCUT2D eigenvalue weighted by atomic mass is 16.2. The Hall–Kier alpha value is -3.41. The molecule has 6 nitrogen and oxygen atoms in total. The smallest absolute Gasteiger partial charge is 0.253 e. The molecule has 2 aromatic carbocycles. The summed E-state index contributed by atoms with van der Waals surface area (Å²) < 4.78 is 4.24. The maximum atomic E-state index is 13.3. The number of fused-ring (bicyclic) bond motifs is 1. The van der Waals surface area contributed by atoms with Crippen molar-refractivity contribution in [1.29, 1.82) is 0 Å². The molecule has 164 valence electrons. The predicted molar refractivity (Wildman–Crippen MR) is 126 cm³/mol. The number of benzene rings is 2. The fourth-order valence-corrected chi connectivity index (χ4v) is 4.75. The van der Waals surface area contributed by atoms with E-state index in [0.29, 0.717) is 6.54 Å². The summed E-state index contributed by atoms with van der Waals surface area (Å²) in [7, 11) is 0. The SMILES string of the molecule is CCCn1c(C2CCCN(C(=O)c3ccc(Cn4cccn4)cc3)C2)nc2ccccc21. The Balaban J connectivity index is 1.33. The monoisotopic (exact) mass is 427 g/mol. The lowest BCUT2D eigenvalue weighted by Gasteiger charge is -2.33. The minimum absolute atomic E-state index is 0.110. The molecular weight excluding hydrogens is 398 g/mol. The molecule has 0 N–H and O–H groups in total. The Morgan fingerprint density at radius 2 is 1.94 bits per heavy atom. The van der Waals surface area contributed by atoms with Gasteiger partial charge in [0.05, 0.1) is 17.6 Å². The summed E-state index contributed by atoms with van der Waals surface area (Å²) in [5, 5.41) is 4.25. The van der Waals surface area contributed by atoms with Crippen LogP contribution in [0.1, 0.15) is 53.8 Å². The van der Waals surface area contributed by atoms with Crippen LogP contribution in [-0.4, -0.2) is 43.2 Å². The van der Waals surface area contributed by atoms with E-state index in [9.17, 15) is 4.79 Å². The molecule has 32 heavy (non-hydrogen) atoms. The van der Waals surface area contributed by atoms with Gasteiger partial charge in [-0.05, 0) is 55.2 Å². The summed E-state index contributed by atoms with van der Waals surface area (Å²) >= 11 is 0. The molecule has 1 aliphatic rings. The lowest BCUT2D eigenvalue weighted by atomic mass is 9.96. The zero-order valence-corrected chi connectivity index (χ0v) is 18.5. The number of amides is 1. The van der Waals surface area contributed by atoms with Crippen LogP contribution in [0.4, 0.5) is 0 Å². The van der Waals surface area contributed by atoms with E-state index in [0.717, 1.165) is 61.4 Å². The molecule has 1 fully saturated rings. The van der Waals surface area contributed by atoms with Gasteiger partial charge in [-0.25, -0.2) is 4.98 Å². The normalized spacial score (nSPS) is 16.5. The van der Waals surface area contributed by atoms with E-state index in [1.165, 1.54) is 5.52 Å². The number of aryl methyl sites for hydroxylation is 1. The van der Waals surface area contributed by atoms with Gasteiger partial charge >= 0.3 is 0 Å². The van der Waals surface area contributed by atoms with E-state index < -0.39 is 0 Å². The van der Waals surface area contributed by atoms with Gasteiger partial charge in [-0.2, -0.15) is 5.10 Å². The molecule has 1 saturated heterocycles. The predicted octanol–water partition coefficient (Wildman–Crippen LogP) is 4.71. The molecule has 0 aliphatic carbocycles. The molecule has 0 bridgehead atoms. The van der Waals surface area contributed by atoms with E-state index in [2.05, 4.69) is 34.8 Å². The minimum atomic E-state index is 0.110. The fourth-order valence-electron chi connectivity index (χ4n) is 4.75. The summed E-state index contributed by atoms with van der Waals surface area (Å²) in [5.74, 6) is 1.50. The van der Waals surface area contributed by atoms with Gasteiger partial charge in [0.25, 0.3) is 5.91 Å². The molecule has 5 rings (SSSR count). The summed E-state index contributed by atoms with van der Waals surface area (Å²) in [6, 6.07) is 18.2. The second-order valence-electron chi connectivity index (χ2n) is 8.60. The number of carbonyl (C=O) groups is 1. The molecule has 0 saturated carbocycles. The molecule has 1 aliphatic heterocycles. The van der Waals surface area contributed by atoms with Crippen molar-refractivity contribution in [2.24, 2.45) is 0 Å². The van der Waals surface area contributed by atoms with Crippen LogP contribution in [-0.2, 0) is 13.1 Å². The van der Waals surface area contributed by atoms with Gasteiger partial charge < -0.3 is 9.47 Å². The second kappa shape index (κ2) is 8.99. The van der Waals surface area contributed by atoms with Crippen molar-refractivity contribution < 1.29 is 4.79 Å². The molecule has 1 atom stereocenters. The lowest BCUT2D eigenvalue weighted by molar-refractivity contribution is 0.0703. The van der Waals surface area contributed by atoms with Crippen LogP contribution < -0.4 is 0 Å². The maximum absolute atomic E-state index is 13.3. The molecule has 2 aromatic heterocycles. The number of likely N-dealkylation sites (tertiary alicyclic amines) is 1. The van der Waals surface area contributed by atoms with Crippen LogP contribution >= 0.6 is 0 Å². The molecule has 0 spiro atoms.